The summed E-state index contributed by atoms with van der Waals surface area (Å²) >= 11 is 0. The van der Waals surface area contributed by atoms with E-state index < -0.39 is 0 Å². The number of aryl methyl sites for hydroxylation is 2. The van der Waals surface area contributed by atoms with Crippen LogP contribution in [0.2, 0.25) is 0 Å². The standard InChI is InChI=1S/C13H13.C10H15.Hf/c1-9-5-6-12-7-10-3-2-4-11(10)8-13(9)12;1-6-7(2)9(4)10(5)8(6)3;/h7-8H,2-4,6H2,1H3;1-5H3;/q2*-1;. The molecular formula is C23H28Hf-2. The molecule has 0 atom stereocenters. The average molecular weight is 483 g/mol. The third-order valence-electron chi connectivity index (χ3n) is 6.08. The molecule has 0 radical (unpaired) electrons. The summed E-state index contributed by atoms with van der Waals surface area (Å²) in [7, 11) is 0. The fourth-order valence-electron chi connectivity index (χ4n) is 3.90. The molecule has 2 aromatic rings. The number of fused-ring (bicyclic) bond motifs is 2. The van der Waals surface area contributed by atoms with Gasteiger partial charge in [-0.1, -0.05) is 53.2 Å². The van der Waals surface area contributed by atoms with Crippen LogP contribution in [-0.4, -0.2) is 0 Å². The zero-order chi connectivity index (χ0) is 16.7. The number of hydrogen-bond acceptors (Lipinski definition) is 0. The molecule has 0 N–H and O–H groups in total. The Morgan fingerprint density at radius 1 is 0.833 bits per heavy atom. The van der Waals surface area contributed by atoms with Gasteiger partial charge in [-0.2, -0.15) is 33.4 Å². The van der Waals surface area contributed by atoms with E-state index in [0.717, 1.165) is 6.42 Å². The number of rotatable bonds is 0. The van der Waals surface area contributed by atoms with Crippen molar-refractivity contribution in [1.82, 2.24) is 0 Å². The van der Waals surface area contributed by atoms with Crippen molar-refractivity contribution in [3.05, 3.63) is 68.3 Å². The van der Waals surface area contributed by atoms with Gasteiger partial charge in [0.05, 0.1) is 0 Å². The zero-order valence-corrected chi connectivity index (χ0v) is 19.6. The molecule has 0 heterocycles. The second-order valence-electron chi connectivity index (χ2n) is 7.24. The van der Waals surface area contributed by atoms with Crippen LogP contribution >= 0.6 is 0 Å². The van der Waals surface area contributed by atoms with Gasteiger partial charge >= 0.3 is 0 Å². The van der Waals surface area contributed by atoms with Gasteiger partial charge in [0.2, 0.25) is 0 Å². The summed E-state index contributed by atoms with van der Waals surface area (Å²) in [5.41, 5.74) is 14.8. The van der Waals surface area contributed by atoms with Gasteiger partial charge in [-0.25, -0.2) is 5.57 Å². The van der Waals surface area contributed by atoms with Crippen molar-refractivity contribution in [2.45, 2.75) is 67.2 Å². The van der Waals surface area contributed by atoms with Crippen molar-refractivity contribution in [1.29, 1.82) is 0 Å². The fraction of sp³-hybridized carbons (Fsp3) is 0.435. The number of hydrogen-bond donors (Lipinski definition) is 0. The molecule has 126 valence electrons. The monoisotopic (exact) mass is 484 g/mol. The van der Waals surface area contributed by atoms with E-state index in [0.29, 0.717) is 0 Å². The Balaban J connectivity index is 0.000000173. The Labute approximate surface area is 166 Å². The van der Waals surface area contributed by atoms with Gasteiger partial charge in [0.25, 0.3) is 0 Å². The van der Waals surface area contributed by atoms with Crippen LogP contribution in [0.3, 0.4) is 0 Å². The summed E-state index contributed by atoms with van der Waals surface area (Å²) in [5, 5.41) is 0. The van der Waals surface area contributed by atoms with E-state index >= 15 is 0 Å². The first-order valence-electron chi connectivity index (χ1n) is 8.82. The SMILES string of the molecule is CC1=[C-]Cc2cc3c(cc21)CCC3.Cc1c(C)c(C)[c-](C)c1C.[Hf]. The Bertz CT molecular complexity index is 707. The quantitative estimate of drug-likeness (QED) is 0.325. The van der Waals surface area contributed by atoms with Gasteiger partial charge in [0.15, 0.2) is 0 Å². The molecular weight excluding hydrogens is 455 g/mol. The van der Waals surface area contributed by atoms with Crippen LogP contribution < -0.4 is 0 Å². The van der Waals surface area contributed by atoms with Crippen molar-refractivity contribution < 1.29 is 25.8 Å². The van der Waals surface area contributed by atoms with Crippen molar-refractivity contribution in [2.75, 3.05) is 0 Å². The molecule has 2 aliphatic rings. The molecule has 0 fully saturated rings. The summed E-state index contributed by atoms with van der Waals surface area (Å²) in [6.45, 7) is 13.2. The molecule has 24 heavy (non-hydrogen) atoms. The van der Waals surface area contributed by atoms with Crippen LogP contribution in [0, 0.1) is 40.7 Å². The van der Waals surface area contributed by atoms with E-state index in [-0.39, 0.29) is 25.8 Å². The van der Waals surface area contributed by atoms with Gasteiger partial charge in [-0.3, -0.25) is 6.08 Å². The maximum atomic E-state index is 3.40. The topological polar surface area (TPSA) is 0 Å². The van der Waals surface area contributed by atoms with Crippen molar-refractivity contribution in [3.63, 3.8) is 0 Å². The molecule has 2 aromatic carbocycles. The minimum Gasteiger partial charge on any atom is -0.269 e. The third-order valence-corrected chi connectivity index (χ3v) is 6.08. The molecule has 0 unspecified atom stereocenters. The predicted molar refractivity (Wildman–Crippen MR) is 100 cm³/mol. The average Bonchev–Trinajstić information content (AvgIpc) is 3.20. The minimum atomic E-state index is 0. The Hall–Kier alpha value is -0.820. The zero-order valence-electron chi connectivity index (χ0n) is 16.0. The molecule has 0 aliphatic heterocycles. The molecule has 0 amide bonds. The summed E-state index contributed by atoms with van der Waals surface area (Å²) in [6, 6.07) is 4.80. The first-order chi connectivity index (χ1) is 10.9. The summed E-state index contributed by atoms with van der Waals surface area (Å²) in [6.07, 6.45) is 8.37. The molecule has 0 nitrogen and oxygen atoms in total. The van der Waals surface area contributed by atoms with Crippen molar-refractivity contribution in [3.8, 4) is 0 Å². The van der Waals surface area contributed by atoms with E-state index in [9.17, 15) is 0 Å². The smallest absolute Gasteiger partial charge is 0 e. The Morgan fingerprint density at radius 3 is 1.88 bits per heavy atom. The second-order valence-corrected chi connectivity index (χ2v) is 7.24. The van der Waals surface area contributed by atoms with Crippen LogP contribution in [0.15, 0.2) is 12.1 Å². The maximum Gasteiger partial charge on any atom is 0 e. The summed E-state index contributed by atoms with van der Waals surface area (Å²) < 4.78 is 0. The van der Waals surface area contributed by atoms with Crippen LogP contribution in [-0.2, 0) is 45.1 Å². The minimum absolute atomic E-state index is 0. The van der Waals surface area contributed by atoms with Crippen LogP contribution in [0.25, 0.3) is 5.57 Å². The molecule has 0 aromatic heterocycles. The van der Waals surface area contributed by atoms with Gasteiger partial charge in [0, 0.05) is 25.8 Å². The molecule has 0 saturated heterocycles. The Kier molecular flexibility index (Phi) is 6.18. The molecule has 1 heteroatoms. The van der Waals surface area contributed by atoms with Crippen molar-refractivity contribution in [2.24, 2.45) is 0 Å². The van der Waals surface area contributed by atoms with E-state index in [1.54, 1.807) is 11.1 Å². The van der Waals surface area contributed by atoms with E-state index in [4.69, 9.17) is 0 Å². The molecule has 0 spiro atoms. The maximum absolute atomic E-state index is 3.40. The first-order valence-corrected chi connectivity index (χ1v) is 8.82. The van der Waals surface area contributed by atoms with Gasteiger partial charge in [0.1, 0.15) is 0 Å². The molecule has 4 rings (SSSR count). The number of benzene rings is 1. The summed E-state index contributed by atoms with van der Waals surface area (Å²) in [4.78, 5) is 0. The second kappa shape index (κ2) is 7.60. The molecule has 0 saturated carbocycles. The first kappa shape index (κ1) is 19.5. The largest absolute Gasteiger partial charge is 0.269 e. The predicted octanol–water partition coefficient (Wildman–Crippen LogP) is 5.88. The van der Waals surface area contributed by atoms with E-state index in [1.165, 1.54) is 63.8 Å². The van der Waals surface area contributed by atoms with Crippen LogP contribution in [0.5, 0.6) is 0 Å². The van der Waals surface area contributed by atoms with E-state index in [1.807, 2.05) is 0 Å². The fourth-order valence-corrected chi connectivity index (χ4v) is 3.90. The van der Waals surface area contributed by atoms with Crippen LogP contribution in [0.1, 0.15) is 63.4 Å². The van der Waals surface area contributed by atoms with E-state index in [2.05, 4.69) is 59.8 Å². The summed E-state index contributed by atoms with van der Waals surface area (Å²) in [5.74, 6) is 0. The normalized spacial score (nSPS) is 14.3. The molecule has 0 bridgehead atoms. The Morgan fingerprint density at radius 2 is 1.38 bits per heavy atom. The van der Waals surface area contributed by atoms with Gasteiger partial charge < -0.3 is 0 Å². The van der Waals surface area contributed by atoms with Gasteiger partial charge in [-0.05, 0) is 24.8 Å². The van der Waals surface area contributed by atoms with Gasteiger partial charge in [-0.15, -0.1) is 18.1 Å². The third kappa shape index (κ3) is 3.43. The van der Waals surface area contributed by atoms with Crippen molar-refractivity contribution >= 4 is 5.57 Å². The number of allylic oxidation sites excluding steroid dienone is 2. The molecule has 2 aliphatic carbocycles. The van der Waals surface area contributed by atoms with Crippen LogP contribution in [0.4, 0.5) is 0 Å².